The summed E-state index contributed by atoms with van der Waals surface area (Å²) >= 11 is 0. The van der Waals surface area contributed by atoms with E-state index in [1.807, 2.05) is 0 Å². The molecule has 0 bridgehead atoms. The molecule has 1 fully saturated rings. The molecule has 1 saturated carbocycles. The summed E-state index contributed by atoms with van der Waals surface area (Å²) in [5.41, 5.74) is 0. The fourth-order valence-electron chi connectivity index (χ4n) is 1.62. The van der Waals surface area contributed by atoms with Crippen LogP contribution in [0.25, 0.3) is 0 Å². The van der Waals surface area contributed by atoms with Gasteiger partial charge in [0.1, 0.15) is 0 Å². The number of aliphatic hydroxyl groups is 1. The topological polar surface area (TPSA) is 35.5 Å². The van der Waals surface area contributed by atoms with Crippen molar-refractivity contribution in [3.8, 4) is 0 Å². The van der Waals surface area contributed by atoms with E-state index in [1.165, 1.54) is 19.3 Å². The van der Waals surface area contributed by atoms with E-state index in [4.69, 9.17) is 5.11 Å². The van der Waals surface area contributed by atoms with Gasteiger partial charge in [0.2, 0.25) is 0 Å². The monoisotopic (exact) mass is 200 g/mol. The van der Waals surface area contributed by atoms with E-state index in [1.54, 1.807) is 0 Å². The predicted octanol–water partition coefficient (Wildman–Crippen LogP) is 0.833. The Bertz CT molecular complexity index is 137. The van der Waals surface area contributed by atoms with Crippen LogP contribution >= 0.6 is 0 Å². The van der Waals surface area contributed by atoms with Gasteiger partial charge in [-0.15, -0.1) is 0 Å². The first-order valence-electron chi connectivity index (χ1n) is 5.93. The first-order valence-corrected chi connectivity index (χ1v) is 5.93. The van der Waals surface area contributed by atoms with Crippen molar-refractivity contribution in [2.75, 3.05) is 32.8 Å². The highest BCUT2D eigenvalue weighted by atomic mass is 16.3. The Morgan fingerprint density at radius 3 is 2.57 bits per heavy atom. The third-order valence-electron chi connectivity index (χ3n) is 2.74. The highest BCUT2D eigenvalue weighted by Crippen LogP contribution is 2.18. The van der Waals surface area contributed by atoms with Gasteiger partial charge in [0.05, 0.1) is 0 Å². The van der Waals surface area contributed by atoms with E-state index in [-0.39, 0.29) is 0 Å². The average Bonchev–Trinajstić information content (AvgIpc) is 3.01. The molecule has 0 heterocycles. The van der Waals surface area contributed by atoms with Crippen molar-refractivity contribution >= 4 is 0 Å². The molecule has 2 N–H and O–H groups in total. The van der Waals surface area contributed by atoms with Crippen molar-refractivity contribution in [2.24, 2.45) is 0 Å². The third-order valence-corrected chi connectivity index (χ3v) is 2.74. The van der Waals surface area contributed by atoms with E-state index in [0.29, 0.717) is 6.61 Å². The van der Waals surface area contributed by atoms with Gasteiger partial charge in [-0.3, -0.25) is 0 Å². The summed E-state index contributed by atoms with van der Waals surface area (Å²) in [7, 11) is 0. The maximum Gasteiger partial charge on any atom is 0.0443 e. The van der Waals surface area contributed by atoms with Crippen molar-refractivity contribution in [2.45, 2.75) is 38.6 Å². The molecule has 3 nitrogen and oxygen atoms in total. The van der Waals surface area contributed by atoms with E-state index in [0.717, 1.165) is 38.6 Å². The summed E-state index contributed by atoms with van der Waals surface area (Å²) in [6.07, 6.45) is 4.89. The molecule has 0 spiro atoms. The van der Waals surface area contributed by atoms with Crippen LogP contribution in [0.2, 0.25) is 0 Å². The van der Waals surface area contributed by atoms with Crippen molar-refractivity contribution in [3.05, 3.63) is 0 Å². The first-order chi connectivity index (χ1) is 6.86. The van der Waals surface area contributed by atoms with Gasteiger partial charge >= 0.3 is 0 Å². The molecule has 14 heavy (non-hydrogen) atoms. The lowest BCUT2D eigenvalue weighted by molar-refractivity contribution is 0.228. The summed E-state index contributed by atoms with van der Waals surface area (Å²) in [5.74, 6) is 0. The second-order valence-corrected chi connectivity index (χ2v) is 4.09. The molecule has 0 aromatic carbocycles. The second kappa shape index (κ2) is 7.21. The van der Waals surface area contributed by atoms with E-state index >= 15 is 0 Å². The molecule has 0 aromatic heterocycles. The molecule has 0 amide bonds. The van der Waals surface area contributed by atoms with E-state index in [2.05, 4.69) is 17.1 Å². The molecule has 3 heteroatoms. The van der Waals surface area contributed by atoms with E-state index in [9.17, 15) is 0 Å². The van der Waals surface area contributed by atoms with Crippen LogP contribution in [0.3, 0.4) is 0 Å². The van der Waals surface area contributed by atoms with Crippen LogP contribution in [0.1, 0.15) is 32.6 Å². The van der Waals surface area contributed by atoms with Gasteiger partial charge in [-0.25, -0.2) is 0 Å². The number of aliphatic hydroxyl groups excluding tert-OH is 1. The molecule has 1 aliphatic rings. The summed E-state index contributed by atoms with van der Waals surface area (Å²) in [4.78, 5) is 2.41. The molecule has 1 aliphatic carbocycles. The number of hydrogen-bond donors (Lipinski definition) is 2. The lowest BCUT2D eigenvalue weighted by atomic mass is 10.3. The minimum Gasteiger partial charge on any atom is -0.396 e. The Labute approximate surface area is 87.5 Å². The van der Waals surface area contributed by atoms with Gasteiger partial charge in [0.25, 0.3) is 0 Å². The standard InChI is InChI=1S/C11H24N2O/c1-2-13(9-4-10-14)8-3-7-12-11-5-6-11/h11-12,14H,2-10H2,1H3. The highest BCUT2D eigenvalue weighted by molar-refractivity contribution is 4.80. The number of nitrogens with one attached hydrogen (secondary N) is 1. The molecule has 0 atom stereocenters. The van der Waals surface area contributed by atoms with Crippen molar-refractivity contribution in [1.82, 2.24) is 10.2 Å². The molecule has 0 aliphatic heterocycles. The van der Waals surface area contributed by atoms with Crippen LogP contribution < -0.4 is 5.32 Å². The van der Waals surface area contributed by atoms with E-state index < -0.39 is 0 Å². The van der Waals surface area contributed by atoms with Crippen LogP contribution in [-0.4, -0.2) is 48.8 Å². The summed E-state index contributed by atoms with van der Waals surface area (Å²) in [6.45, 7) is 6.96. The Kier molecular flexibility index (Phi) is 6.15. The van der Waals surface area contributed by atoms with Gasteiger partial charge in [-0.05, 0) is 45.3 Å². The maximum atomic E-state index is 8.72. The van der Waals surface area contributed by atoms with Gasteiger partial charge in [-0.1, -0.05) is 6.92 Å². The fourth-order valence-corrected chi connectivity index (χ4v) is 1.62. The normalized spacial score (nSPS) is 16.5. The minimum atomic E-state index is 0.316. The van der Waals surface area contributed by atoms with Crippen LogP contribution in [0.5, 0.6) is 0 Å². The fraction of sp³-hybridized carbons (Fsp3) is 1.00. The lowest BCUT2D eigenvalue weighted by Gasteiger charge is -2.19. The van der Waals surface area contributed by atoms with Gasteiger partial charge in [0, 0.05) is 19.2 Å². The first kappa shape index (κ1) is 12.0. The molecule has 0 radical (unpaired) electrons. The Morgan fingerprint density at radius 1 is 1.29 bits per heavy atom. The maximum absolute atomic E-state index is 8.72. The largest absolute Gasteiger partial charge is 0.396 e. The van der Waals surface area contributed by atoms with Crippen molar-refractivity contribution < 1.29 is 5.11 Å². The summed E-state index contributed by atoms with van der Waals surface area (Å²) in [6, 6.07) is 0.836. The number of nitrogens with zero attached hydrogens (tertiary/aromatic N) is 1. The molecular formula is C11H24N2O. The van der Waals surface area contributed by atoms with Gasteiger partial charge < -0.3 is 15.3 Å². The summed E-state index contributed by atoms with van der Waals surface area (Å²) in [5, 5.41) is 12.2. The van der Waals surface area contributed by atoms with Crippen molar-refractivity contribution in [1.29, 1.82) is 0 Å². The van der Waals surface area contributed by atoms with Gasteiger partial charge in [-0.2, -0.15) is 0 Å². The zero-order chi connectivity index (χ0) is 10.2. The zero-order valence-corrected chi connectivity index (χ0v) is 9.34. The van der Waals surface area contributed by atoms with Crippen LogP contribution in [0.4, 0.5) is 0 Å². The van der Waals surface area contributed by atoms with Crippen LogP contribution in [0, 0.1) is 0 Å². The molecule has 0 unspecified atom stereocenters. The molecule has 0 saturated heterocycles. The Balaban J connectivity index is 1.89. The Hall–Kier alpha value is -0.120. The SMILES string of the molecule is CCN(CCCO)CCCNC1CC1. The van der Waals surface area contributed by atoms with Crippen molar-refractivity contribution in [3.63, 3.8) is 0 Å². The van der Waals surface area contributed by atoms with Crippen LogP contribution in [-0.2, 0) is 0 Å². The second-order valence-electron chi connectivity index (χ2n) is 4.09. The molecule has 0 aromatic rings. The molecule has 1 rings (SSSR count). The Morgan fingerprint density at radius 2 is 2.00 bits per heavy atom. The third kappa shape index (κ3) is 5.58. The molecule has 84 valence electrons. The number of hydrogen-bond acceptors (Lipinski definition) is 3. The van der Waals surface area contributed by atoms with Gasteiger partial charge in [0.15, 0.2) is 0 Å². The average molecular weight is 200 g/mol. The minimum absolute atomic E-state index is 0.316. The van der Waals surface area contributed by atoms with Crippen LogP contribution in [0.15, 0.2) is 0 Å². The zero-order valence-electron chi connectivity index (χ0n) is 9.34. The predicted molar refractivity (Wildman–Crippen MR) is 59.5 cm³/mol. The summed E-state index contributed by atoms with van der Waals surface area (Å²) < 4.78 is 0. The number of rotatable bonds is 9. The highest BCUT2D eigenvalue weighted by Gasteiger charge is 2.19. The lowest BCUT2D eigenvalue weighted by Crippen LogP contribution is -2.29. The quantitative estimate of drug-likeness (QED) is 0.541. The smallest absolute Gasteiger partial charge is 0.0443 e. The molecular weight excluding hydrogens is 176 g/mol.